The lowest BCUT2D eigenvalue weighted by molar-refractivity contribution is -0.137. The van der Waals surface area contributed by atoms with Crippen LogP contribution < -0.4 is 9.74 Å². The molecule has 0 saturated heterocycles. The summed E-state index contributed by atoms with van der Waals surface area (Å²) in [6.45, 7) is 5.90. The molecule has 0 atom stereocenters. The molecule has 1 heterocycles. The summed E-state index contributed by atoms with van der Waals surface area (Å²) < 4.78 is 50.7. The van der Waals surface area contributed by atoms with E-state index < -0.39 is 17.3 Å². The lowest BCUT2D eigenvalue weighted by atomic mass is 10.0. The molecule has 0 spiro atoms. The van der Waals surface area contributed by atoms with Gasteiger partial charge in [-0.1, -0.05) is 17.2 Å². The minimum absolute atomic E-state index is 0.125. The molecule has 0 aliphatic carbocycles. The van der Waals surface area contributed by atoms with Gasteiger partial charge in [-0.15, -0.1) is 0 Å². The fourth-order valence-electron chi connectivity index (χ4n) is 2.93. The molecule has 3 rings (SSSR count). The standard InChI is InChI=1S/C21H19F3N2O3S/c1-4-28-30-29-19-10-16(21(22,23)24)5-6-18(19)26-12-25-17(11-20(26)27)15-8-13(2)7-14(3)9-15/h5-12H,4H2,1-3H3. The summed E-state index contributed by atoms with van der Waals surface area (Å²) in [6.07, 6.45) is -3.28. The molecule has 0 saturated carbocycles. The van der Waals surface area contributed by atoms with E-state index in [1.165, 1.54) is 18.5 Å². The monoisotopic (exact) mass is 436 g/mol. The average molecular weight is 436 g/mol. The summed E-state index contributed by atoms with van der Waals surface area (Å²) in [7, 11) is 0. The van der Waals surface area contributed by atoms with E-state index in [1.54, 1.807) is 6.92 Å². The molecular weight excluding hydrogens is 417 g/mol. The lowest BCUT2D eigenvalue weighted by Crippen LogP contribution is -2.19. The smallest absolute Gasteiger partial charge is 0.398 e. The number of aryl methyl sites for hydroxylation is 2. The van der Waals surface area contributed by atoms with Crippen molar-refractivity contribution in [3.8, 4) is 22.7 Å². The number of benzene rings is 2. The fraction of sp³-hybridized carbons (Fsp3) is 0.238. The predicted molar refractivity (Wildman–Crippen MR) is 110 cm³/mol. The normalized spacial score (nSPS) is 11.5. The van der Waals surface area contributed by atoms with Crippen LogP contribution in [0.25, 0.3) is 16.9 Å². The second kappa shape index (κ2) is 8.93. The minimum atomic E-state index is -4.55. The van der Waals surface area contributed by atoms with Crippen LogP contribution in [-0.4, -0.2) is 16.2 Å². The third kappa shape index (κ3) is 5.03. The molecule has 1 aromatic heterocycles. The highest BCUT2D eigenvalue weighted by atomic mass is 32.2. The highest BCUT2D eigenvalue weighted by Crippen LogP contribution is 2.35. The van der Waals surface area contributed by atoms with Crippen LogP contribution >= 0.6 is 12.3 Å². The first-order chi connectivity index (χ1) is 14.2. The Morgan fingerprint density at radius 3 is 2.37 bits per heavy atom. The molecule has 2 aromatic carbocycles. The quantitative estimate of drug-likeness (QED) is 0.377. The Hall–Kier alpha value is -2.78. The van der Waals surface area contributed by atoms with E-state index in [-0.39, 0.29) is 11.4 Å². The van der Waals surface area contributed by atoms with Crippen LogP contribution in [0.4, 0.5) is 13.2 Å². The zero-order valence-corrected chi connectivity index (χ0v) is 17.3. The van der Waals surface area contributed by atoms with Gasteiger partial charge in [0.25, 0.3) is 5.56 Å². The van der Waals surface area contributed by atoms with Gasteiger partial charge >= 0.3 is 6.18 Å². The summed E-state index contributed by atoms with van der Waals surface area (Å²) in [4.78, 5) is 17.1. The van der Waals surface area contributed by atoms with Crippen molar-refractivity contribution in [3.63, 3.8) is 0 Å². The average Bonchev–Trinajstić information content (AvgIpc) is 2.67. The topological polar surface area (TPSA) is 53.4 Å². The van der Waals surface area contributed by atoms with Crippen LogP contribution in [0.15, 0.2) is 53.6 Å². The molecule has 5 nitrogen and oxygen atoms in total. The van der Waals surface area contributed by atoms with Crippen LogP contribution in [-0.2, 0) is 10.4 Å². The van der Waals surface area contributed by atoms with Crippen LogP contribution in [0.2, 0.25) is 0 Å². The van der Waals surface area contributed by atoms with E-state index in [0.717, 1.165) is 33.4 Å². The third-order valence-corrected chi connectivity index (χ3v) is 4.74. The summed E-state index contributed by atoms with van der Waals surface area (Å²) in [5.74, 6) is -0.161. The Balaban J connectivity index is 2.04. The van der Waals surface area contributed by atoms with Gasteiger partial charge in [-0.25, -0.2) is 4.98 Å². The molecule has 30 heavy (non-hydrogen) atoms. The highest BCUT2D eigenvalue weighted by molar-refractivity contribution is 7.90. The first kappa shape index (κ1) is 21.9. The van der Waals surface area contributed by atoms with E-state index in [2.05, 4.69) is 4.98 Å². The van der Waals surface area contributed by atoms with Crippen LogP contribution in [0.3, 0.4) is 0 Å². The molecule has 0 aliphatic rings. The number of alkyl halides is 3. The van der Waals surface area contributed by atoms with Crippen molar-refractivity contribution in [2.75, 3.05) is 6.61 Å². The Kier molecular flexibility index (Phi) is 6.52. The maximum Gasteiger partial charge on any atom is 0.416 e. The van der Waals surface area contributed by atoms with Crippen molar-refractivity contribution in [2.45, 2.75) is 26.9 Å². The van der Waals surface area contributed by atoms with Gasteiger partial charge in [0.2, 0.25) is 12.3 Å². The first-order valence-electron chi connectivity index (χ1n) is 9.04. The largest absolute Gasteiger partial charge is 0.416 e. The molecule has 0 bridgehead atoms. The zero-order chi connectivity index (χ0) is 21.9. The van der Waals surface area contributed by atoms with Crippen molar-refractivity contribution in [2.24, 2.45) is 0 Å². The first-order valence-corrected chi connectivity index (χ1v) is 9.71. The Labute approximate surface area is 175 Å². The molecular formula is C21H19F3N2O3S. The fourth-order valence-corrected chi connectivity index (χ4v) is 3.28. The maximum atomic E-state index is 13.1. The van der Waals surface area contributed by atoms with Crippen LogP contribution in [0, 0.1) is 13.8 Å². The number of halogens is 3. The number of aromatic nitrogens is 2. The van der Waals surface area contributed by atoms with Crippen LogP contribution in [0.5, 0.6) is 5.75 Å². The molecule has 0 amide bonds. The maximum absolute atomic E-state index is 13.1. The molecule has 0 N–H and O–H groups in total. The van der Waals surface area contributed by atoms with E-state index in [4.69, 9.17) is 8.37 Å². The van der Waals surface area contributed by atoms with Crippen molar-refractivity contribution in [1.82, 2.24) is 9.55 Å². The van der Waals surface area contributed by atoms with E-state index in [9.17, 15) is 18.0 Å². The molecule has 0 radical (unpaired) electrons. The van der Waals surface area contributed by atoms with Crippen molar-refractivity contribution >= 4 is 12.3 Å². The van der Waals surface area contributed by atoms with Gasteiger partial charge in [-0.3, -0.25) is 13.5 Å². The Morgan fingerprint density at radius 1 is 1.07 bits per heavy atom. The molecule has 9 heteroatoms. The SMILES string of the molecule is CCOSOc1cc(C(F)(F)F)ccc1-n1cnc(-c2cc(C)cc(C)c2)cc1=O. The van der Waals surface area contributed by atoms with Gasteiger partial charge in [0.05, 0.1) is 23.6 Å². The number of rotatable bonds is 6. The van der Waals surface area contributed by atoms with Crippen LogP contribution in [0.1, 0.15) is 23.6 Å². The summed E-state index contributed by atoms with van der Waals surface area (Å²) >= 11 is 0.540. The second-order valence-corrected chi connectivity index (χ2v) is 7.14. The molecule has 3 aromatic rings. The second-order valence-electron chi connectivity index (χ2n) is 6.60. The number of hydrogen-bond donors (Lipinski definition) is 0. The Morgan fingerprint density at radius 2 is 1.77 bits per heavy atom. The van der Waals surface area contributed by atoms with E-state index >= 15 is 0 Å². The zero-order valence-electron chi connectivity index (χ0n) is 16.5. The highest BCUT2D eigenvalue weighted by Gasteiger charge is 2.31. The number of nitrogens with zero attached hydrogens (tertiary/aromatic N) is 2. The van der Waals surface area contributed by atoms with E-state index in [1.807, 2.05) is 32.0 Å². The summed E-state index contributed by atoms with van der Waals surface area (Å²) in [6, 6.07) is 10.0. The number of hydrogen-bond acceptors (Lipinski definition) is 5. The summed E-state index contributed by atoms with van der Waals surface area (Å²) in [5.41, 5.74) is 2.09. The van der Waals surface area contributed by atoms with Crippen molar-refractivity contribution in [1.29, 1.82) is 0 Å². The third-order valence-electron chi connectivity index (χ3n) is 4.16. The van der Waals surface area contributed by atoms with Gasteiger partial charge in [0, 0.05) is 11.6 Å². The lowest BCUT2D eigenvalue weighted by Gasteiger charge is -2.14. The molecule has 0 unspecified atom stereocenters. The van der Waals surface area contributed by atoms with Gasteiger partial charge in [-0.05, 0) is 51.1 Å². The minimum Gasteiger partial charge on any atom is -0.398 e. The molecule has 158 valence electrons. The van der Waals surface area contributed by atoms with Gasteiger partial charge < -0.3 is 4.18 Å². The van der Waals surface area contributed by atoms with Gasteiger partial charge in [0.1, 0.15) is 6.33 Å². The predicted octanol–water partition coefficient (Wildman–Crippen LogP) is 5.51. The molecule has 0 fully saturated rings. The Bertz CT molecular complexity index is 1090. The molecule has 0 aliphatic heterocycles. The van der Waals surface area contributed by atoms with Crippen molar-refractivity contribution < 1.29 is 21.5 Å². The van der Waals surface area contributed by atoms with Crippen molar-refractivity contribution in [3.05, 3.63) is 75.8 Å². The van der Waals surface area contributed by atoms with Gasteiger partial charge in [-0.2, -0.15) is 13.2 Å². The van der Waals surface area contributed by atoms with E-state index in [0.29, 0.717) is 24.6 Å². The van der Waals surface area contributed by atoms with Gasteiger partial charge in [0.15, 0.2) is 5.75 Å². The summed E-state index contributed by atoms with van der Waals surface area (Å²) in [5, 5.41) is 0.